The van der Waals surface area contributed by atoms with Gasteiger partial charge in [0.05, 0.1) is 18.6 Å². The summed E-state index contributed by atoms with van der Waals surface area (Å²) in [4.78, 5) is 15.6. The summed E-state index contributed by atoms with van der Waals surface area (Å²) >= 11 is 0. The molecule has 1 aromatic rings. The number of alkyl carbamates (subject to hydrolysis) is 1. The smallest absolute Gasteiger partial charge is 0.407 e. The zero-order valence-corrected chi connectivity index (χ0v) is 11.4. The van der Waals surface area contributed by atoms with Crippen LogP contribution in [0.15, 0.2) is 25.2 Å². The molecule has 0 saturated heterocycles. The normalized spacial score (nSPS) is 12.9. The highest BCUT2D eigenvalue weighted by molar-refractivity contribution is 5.67. The molecule has 0 bridgehead atoms. The number of ether oxygens (including phenoxy) is 1. The van der Waals surface area contributed by atoms with E-state index in [2.05, 4.69) is 16.9 Å². The molecule has 1 amide bonds. The van der Waals surface area contributed by atoms with E-state index in [4.69, 9.17) is 4.74 Å². The predicted molar refractivity (Wildman–Crippen MR) is 70.2 cm³/mol. The molecule has 0 radical (unpaired) electrons. The molecule has 0 fully saturated rings. The third kappa shape index (κ3) is 4.24. The van der Waals surface area contributed by atoms with E-state index in [1.807, 2.05) is 38.3 Å². The number of hydrogen-bond acceptors (Lipinski definition) is 3. The van der Waals surface area contributed by atoms with E-state index >= 15 is 0 Å². The molecule has 0 aromatic carbocycles. The number of aromatic nitrogens is 2. The van der Waals surface area contributed by atoms with Crippen molar-refractivity contribution in [3.8, 4) is 0 Å². The van der Waals surface area contributed by atoms with Crippen molar-refractivity contribution in [2.75, 3.05) is 0 Å². The van der Waals surface area contributed by atoms with Gasteiger partial charge in [0.2, 0.25) is 0 Å². The molecular weight excluding hydrogens is 230 g/mol. The number of allylic oxidation sites excluding steroid dienone is 1. The minimum Gasteiger partial charge on any atom is -0.444 e. The molecule has 1 N–H and O–H groups in total. The maximum absolute atomic E-state index is 11.5. The summed E-state index contributed by atoms with van der Waals surface area (Å²) in [5.74, 6) is 0. The quantitative estimate of drug-likeness (QED) is 0.837. The zero-order valence-electron chi connectivity index (χ0n) is 11.4. The summed E-state index contributed by atoms with van der Waals surface area (Å²) in [6, 6.07) is 0.142. The maximum Gasteiger partial charge on any atom is 0.407 e. The molecule has 18 heavy (non-hydrogen) atoms. The summed E-state index contributed by atoms with van der Waals surface area (Å²) in [6.45, 7) is 11.6. The van der Waals surface area contributed by atoms with Crippen LogP contribution >= 0.6 is 0 Å². The lowest BCUT2D eigenvalue weighted by Crippen LogP contribution is -2.32. The number of imidazole rings is 1. The summed E-state index contributed by atoms with van der Waals surface area (Å²) in [5, 5.41) is 2.70. The molecule has 5 heteroatoms. The van der Waals surface area contributed by atoms with Crippen LogP contribution in [0.2, 0.25) is 0 Å². The Morgan fingerprint density at radius 2 is 2.33 bits per heavy atom. The zero-order chi connectivity index (χ0) is 13.8. The van der Waals surface area contributed by atoms with Crippen LogP contribution in [0.4, 0.5) is 4.79 Å². The van der Waals surface area contributed by atoms with Gasteiger partial charge in [-0.25, -0.2) is 9.78 Å². The molecule has 5 nitrogen and oxygen atoms in total. The van der Waals surface area contributed by atoms with Crippen molar-refractivity contribution in [2.45, 2.75) is 45.9 Å². The van der Waals surface area contributed by atoms with E-state index in [0.29, 0.717) is 6.54 Å². The number of amides is 1. The fourth-order valence-electron chi connectivity index (χ4n) is 1.43. The third-order valence-corrected chi connectivity index (χ3v) is 2.34. The second kappa shape index (κ2) is 5.71. The van der Waals surface area contributed by atoms with Crippen LogP contribution in [0.3, 0.4) is 0 Å². The summed E-state index contributed by atoms with van der Waals surface area (Å²) < 4.78 is 7.11. The number of carbonyl (C=O) groups excluding carboxylic acids is 1. The van der Waals surface area contributed by atoms with Crippen molar-refractivity contribution in [3.63, 3.8) is 0 Å². The van der Waals surface area contributed by atoms with Gasteiger partial charge in [0, 0.05) is 12.2 Å². The molecular formula is C13H21N3O2. The minimum atomic E-state index is -0.487. The lowest BCUT2D eigenvalue weighted by Gasteiger charge is -2.20. The molecule has 100 valence electrons. The van der Waals surface area contributed by atoms with Gasteiger partial charge in [0.25, 0.3) is 0 Å². The highest BCUT2D eigenvalue weighted by Crippen LogP contribution is 2.11. The first-order valence-corrected chi connectivity index (χ1v) is 5.93. The van der Waals surface area contributed by atoms with Crippen LogP contribution in [-0.4, -0.2) is 21.2 Å². The highest BCUT2D eigenvalue weighted by atomic mass is 16.6. The van der Waals surface area contributed by atoms with E-state index in [9.17, 15) is 4.79 Å². The Morgan fingerprint density at radius 1 is 1.67 bits per heavy atom. The van der Waals surface area contributed by atoms with Gasteiger partial charge in [-0.05, 0) is 27.7 Å². The van der Waals surface area contributed by atoms with Gasteiger partial charge in [-0.1, -0.05) is 6.08 Å². The molecule has 0 aliphatic heterocycles. The Kier molecular flexibility index (Phi) is 4.53. The van der Waals surface area contributed by atoms with Gasteiger partial charge in [0.1, 0.15) is 5.60 Å². The van der Waals surface area contributed by atoms with E-state index in [1.54, 1.807) is 12.5 Å². The topological polar surface area (TPSA) is 56.2 Å². The SMILES string of the molecule is C=CC(C)n1cncc1CNC(=O)OC(C)(C)C. The summed E-state index contributed by atoms with van der Waals surface area (Å²) in [5.41, 5.74) is 0.423. The fraction of sp³-hybridized carbons (Fsp3) is 0.538. The molecule has 1 rings (SSSR count). The Bertz CT molecular complexity index is 418. The highest BCUT2D eigenvalue weighted by Gasteiger charge is 2.16. The van der Waals surface area contributed by atoms with Crippen molar-refractivity contribution in [1.82, 2.24) is 14.9 Å². The third-order valence-electron chi connectivity index (χ3n) is 2.34. The predicted octanol–water partition coefficient (Wildman–Crippen LogP) is 2.65. The average Bonchev–Trinajstić information content (AvgIpc) is 2.71. The van der Waals surface area contributed by atoms with E-state index in [-0.39, 0.29) is 6.04 Å². The first kappa shape index (κ1) is 14.3. The summed E-state index contributed by atoms with van der Waals surface area (Å²) in [6.07, 6.45) is 4.83. The Labute approximate surface area is 108 Å². The van der Waals surface area contributed by atoms with Crippen LogP contribution in [-0.2, 0) is 11.3 Å². The van der Waals surface area contributed by atoms with Gasteiger partial charge in [-0.3, -0.25) is 0 Å². The van der Waals surface area contributed by atoms with Crippen molar-refractivity contribution in [2.24, 2.45) is 0 Å². The van der Waals surface area contributed by atoms with Crippen LogP contribution in [0, 0.1) is 0 Å². The van der Waals surface area contributed by atoms with Crippen LogP contribution < -0.4 is 5.32 Å². The number of nitrogens with zero attached hydrogens (tertiary/aromatic N) is 2. The first-order chi connectivity index (χ1) is 8.33. The summed E-state index contributed by atoms with van der Waals surface area (Å²) in [7, 11) is 0. The van der Waals surface area contributed by atoms with Gasteiger partial charge >= 0.3 is 6.09 Å². The Balaban J connectivity index is 2.56. The minimum absolute atomic E-state index is 0.142. The van der Waals surface area contributed by atoms with E-state index in [1.165, 1.54) is 0 Å². The van der Waals surface area contributed by atoms with Crippen LogP contribution in [0.5, 0.6) is 0 Å². The van der Waals surface area contributed by atoms with Crippen LogP contribution in [0.1, 0.15) is 39.4 Å². The van der Waals surface area contributed by atoms with Crippen molar-refractivity contribution in [1.29, 1.82) is 0 Å². The number of hydrogen-bond donors (Lipinski definition) is 1. The van der Waals surface area contributed by atoms with Crippen molar-refractivity contribution >= 4 is 6.09 Å². The number of nitrogens with one attached hydrogen (secondary N) is 1. The lowest BCUT2D eigenvalue weighted by atomic mass is 10.2. The Morgan fingerprint density at radius 3 is 2.89 bits per heavy atom. The van der Waals surface area contributed by atoms with Gasteiger partial charge in [0.15, 0.2) is 0 Å². The lowest BCUT2D eigenvalue weighted by molar-refractivity contribution is 0.0522. The van der Waals surface area contributed by atoms with Crippen molar-refractivity contribution in [3.05, 3.63) is 30.9 Å². The fourth-order valence-corrected chi connectivity index (χ4v) is 1.43. The molecule has 1 atom stereocenters. The second-order valence-corrected chi connectivity index (χ2v) is 5.12. The monoisotopic (exact) mass is 251 g/mol. The van der Waals surface area contributed by atoms with Gasteiger partial charge in [-0.2, -0.15) is 0 Å². The standard InChI is InChI=1S/C13H21N3O2/c1-6-10(2)16-9-14-7-11(16)8-15-12(17)18-13(3,4)5/h6-7,9-10H,1,8H2,2-5H3,(H,15,17). The number of rotatable bonds is 4. The second-order valence-electron chi connectivity index (χ2n) is 5.12. The van der Waals surface area contributed by atoms with Gasteiger partial charge in [-0.15, -0.1) is 6.58 Å². The largest absolute Gasteiger partial charge is 0.444 e. The first-order valence-electron chi connectivity index (χ1n) is 5.93. The van der Waals surface area contributed by atoms with E-state index < -0.39 is 11.7 Å². The molecule has 0 saturated carbocycles. The Hall–Kier alpha value is -1.78. The van der Waals surface area contributed by atoms with Crippen molar-refractivity contribution < 1.29 is 9.53 Å². The molecule has 1 aromatic heterocycles. The average molecular weight is 251 g/mol. The number of carbonyl (C=O) groups is 1. The van der Waals surface area contributed by atoms with E-state index in [0.717, 1.165) is 5.69 Å². The molecule has 0 aliphatic rings. The molecule has 0 aliphatic carbocycles. The molecule has 1 unspecified atom stereocenters. The van der Waals surface area contributed by atoms with Crippen LogP contribution in [0.25, 0.3) is 0 Å². The molecule has 1 heterocycles. The molecule has 0 spiro atoms. The van der Waals surface area contributed by atoms with Gasteiger partial charge < -0.3 is 14.6 Å². The maximum atomic E-state index is 11.5.